The van der Waals surface area contributed by atoms with Crippen molar-refractivity contribution < 1.29 is 4.52 Å². The molecule has 2 aromatic rings. The molecule has 1 aromatic carbocycles. The minimum Gasteiger partial charge on any atom is -0.399 e. The second kappa shape index (κ2) is 3.63. The molecule has 0 radical (unpaired) electrons. The van der Waals surface area contributed by atoms with E-state index in [2.05, 4.69) is 10.1 Å². The van der Waals surface area contributed by atoms with Crippen LogP contribution in [-0.4, -0.2) is 10.1 Å². The van der Waals surface area contributed by atoms with Crippen LogP contribution >= 0.6 is 0 Å². The van der Waals surface area contributed by atoms with E-state index in [4.69, 9.17) is 10.3 Å². The molecule has 2 N–H and O–H groups in total. The van der Waals surface area contributed by atoms with E-state index >= 15 is 0 Å². The van der Waals surface area contributed by atoms with E-state index in [-0.39, 0.29) is 0 Å². The molecular formula is C12H13N3O. The van der Waals surface area contributed by atoms with Crippen molar-refractivity contribution in [2.75, 3.05) is 5.73 Å². The summed E-state index contributed by atoms with van der Waals surface area (Å²) >= 11 is 0. The largest absolute Gasteiger partial charge is 0.399 e. The predicted octanol–water partition coefficient (Wildman–Crippen LogP) is 2.12. The Morgan fingerprint density at radius 2 is 2.25 bits per heavy atom. The van der Waals surface area contributed by atoms with Gasteiger partial charge in [-0.1, -0.05) is 17.3 Å². The van der Waals surface area contributed by atoms with Gasteiger partial charge in [0, 0.05) is 11.6 Å². The highest BCUT2D eigenvalue weighted by atomic mass is 16.5. The Hall–Kier alpha value is -1.84. The van der Waals surface area contributed by atoms with Gasteiger partial charge in [-0.3, -0.25) is 0 Å². The molecule has 0 atom stereocenters. The summed E-state index contributed by atoms with van der Waals surface area (Å²) in [5.41, 5.74) is 7.58. The Morgan fingerprint density at radius 3 is 3.00 bits per heavy atom. The third-order valence-corrected chi connectivity index (χ3v) is 2.73. The summed E-state index contributed by atoms with van der Waals surface area (Å²) in [6.45, 7) is 0. The number of hydrogen-bond donors (Lipinski definition) is 1. The Balaban J connectivity index is 1.77. The molecule has 1 heterocycles. The highest BCUT2D eigenvalue weighted by Crippen LogP contribution is 2.38. The average Bonchev–Trinajstić information content (AvgIpc) is 3.01. The molecular weight excluding hydrogens is 202 g/mol. The lowest BCUT2D eigenvalue weighted by Crippen LogP contribution is -1.91. The van der Waals surface area contributed by atoms with Crippen LogP contribution in [0.4, 0.5) is 5.69 Å². The van der Waals surface area contributed by atoms with Crippen molar-refractivity contribution in [2.45, 2.75) is 25.2 Å². The predicted molar refractivity (Wildman–Crippen MR) is 59.9 cm³/mol. The first-order valence-corrected chi connectivity index (χ1v) is 5.48. The number of rotatable bonds is 3. The van der Waals surface area contributed by atoms with Crippen LogP contribution in [0.15, 0.2) is 28.8 Å². The maximum absolute atomic E-state index is 5.71. The van der Waals surface area contributed by atoms with E-state index in [1.165, 1.54) is 12.8 Å². The van der Waals surface area contributed by atoms with Crippen LogP contribution in [0.3, 0.4) is 0 Å². The van der Waals surface area contributed by atoms with Crippen molar-refractivity contribution in [1.82, 2.24) is 10.1 Å². The molecule has 1 saturated carbocycles. The second-order valence-electron chi connectivity index (χ2n) is 4.24. The molecule has 0 spiro atoms. The Bertz CT molecular complexity index is 502. The molecule has 4 heteroatoms. The van der Waals surface area contributed by atoms with E-state index in [1.807, 2.05) is 24.3 Å². The summed E-state index contributed by atoms with van der Waals surface area (Å²) < 4.78 is 5.21. The SMILES string of the molecule is Nc1cccc(Cc2nc(C3CC3)no2)c1. The molecule has 0 saturated heterocycles. The molecule has 0 bridgehead atoms. The van der Waals surface area contributed by atoms with Crippen LogP contribution in [0.2, 0.25) is 0 Å². The number of nitrogens with zero attached hydrogens (tertiary/aromatic N) is 2. The van der Waals surface area contributed by atoms with Gasteiger partial charge in [0.15, 0.2) is 5.82 Å². The van der Waals surface area contributed by atoms with Gasteiger partial charge in [0.05, 0.1) is 6.42 Å². The Kier molecular flexibility index (Phi) is 2.13. The fourth-order valence-electron chi connectivity index (χ4n) is 1.72. The van der Waals surface area contributed by atoms with Crippen molar-refractivity contribution in [3.63, 3.8) is 0 Å². The number of anilines is 1. The highest BCUT2D eigenvalue weighted by Gasteiger charge is 2.28. The van der Waals surface area contributed by atoms with Gasteiger partial charge in [0.2, 0.25) is 5.89 Å². The fourth-order valence-corrected chi connectivity index (χ4v) is 1.72. The highest BCUT2D eigenvalue weighted by molar-refractivity contribution is 5.41. The zero-order valence-electron chi connectivity index (χ0n) is 8.89. The fraction of sp³-hybridized carbons (Fsp3) is 0.333. The van der Waals surface area contributed by atoms with Gasteiger partial charge in [-0.25, -0.2) is 0 Å². The van der Waals surface area contributed by atoms with Gasteiger partial charge in [-0.05, 0) is 30.5 Å². The van der Waals surface area contributed by atoms with Crippen molar-refractivity contribution in [3.05, 3.63) is 41.5 Å². The van der Waals surface area contributed by atoms with Gasteiger partial charge in [-0.15, -0.1) is 0 Å². The molecule has 1 aliphatic carbocycles. The lowest BCUT2D eigenvalue weighted by Gasteiger charge is -1.97. The Morgan fingerprint density at radius 1 is 1.38 bits per heavy atom. The zero-order chi connectivity index (χ0) is 11.0. The monoisotopic (exact) mass is 215 g/mol. The molecule has 3 rings (SSSR count). The molecule has 1 aromatic heterocycles. The summed E-state index contributed by atoms with van der Waals surface area (Å²) in [6, 6.07) is 7.74. The topological polar surface area (TPSA) is 64.9 Å². The first-order chi connectivity index (χ1) is 7.81. The quantitative estimate of drug-likeness (QED) is 0.796. The summed E-state index contributed by atoms with van der Waals surface area (Å²) in [6.07, 6.45) is 3.04. The first kappa shape index (κ1) is 9.39. The zero-order valence-corrected chi connectivity index (χ0v) is 8.89. The minimum absolute atomic E-state index is 0.540. The molecule has 16 heavy (non-hydrogen) atoms. The molecule has 82 valence electrons. The van der Waals surface area contributed by atoms with E-state index in [9.17, 15) is 0 Å². The van der Waals surface area contributed by atoms with Crippen molar-refractivity contribution in [3.8, 4) is 0 Å². The summed E-state index contributed by atoms with van der Waals surface area (Å²) in [5, 5.41) is 3.98. The maximum Gasteiger partial charge on any atom is 0.231 e. The van der Waals surface area contributed by atoms with Gasteiger partial charge < -0.3 is 10.3 Å². The van der Waals surface area contributed by atoms with Crippen molar-refractivity contribution in [1.29, 1.82) is 0 Å². The summed E-state index contributed by atoms with van der Waals surface area (Å²) in [4.78, 5) is 4.38. The summed E-state index contributed by atoms with van der Waals surface area (Å²) in [7, 11) is 0. The normalized spacial score (nSPS) is 15.2. The molecule has 0 unspecified atom stereocenters. The average molecular weight is 215 g/mol. The van der Waals surface area contributed by atoms with E-state index in [0.29, 0.717) is 18.2 Å². The van der Waals surface area contributed by atoms with Crippen molar-refractivity contribution in [2.24, 2.45) is 0 Å². The van der Waals surface area contributed by atoms with Gasteiger partial charge in [0.25, 0.3) is 0 Å². The molecule has 4 nitrogen and oxygen atoms in total. The second-order valence-corrected chi connectivity index (χ2v) is 4.24. The van der Waals surface area contributed by atoms with Gasteiger partial charge in [0.1, 0.15) is 0 Å². The van der Waals surface area contributed by atoms with Crippen molar-refractivity contribution >= 4 is 5.69 Å². The molecule has 0 amide bonds. The maximum atomic E-state index is 5.71. The lowest BCUT2D eigenvalue weighted by atomic mass is 10.1. The number of aromatic nitrogens is 2. The van der Waals surface area contributed by atoms with Crippen LogP contribution in [0.5, 0.6) is 0 Å². The van der Waals surface area contributed by atoms with Crippen LogP contribution in [-0.2, 0) is 6.42 Å². The smallest absolute Gasteiger partial charge is 0.231 e. The molecule has 1 aliphatic rings. The third kappa shape index (κ3) is 1.91. The van der Waals surface area contributed by atoms with Crippen LogP contribution in [0.25, 0.3) is 0 Å². The Labute approximate surface area is 93.5 Å². The lowest BCUT2D eigenvalue weighted by molar-refractivity contribution is 0.379. The van der Waals surface area contributed by atoms with Gasteiger partial charge in [-0.2, -0.15) is 4.98 Å². The van der Waals surface area contributed by atoms with Crippen LogP contribution in [0.1, 0.15) is 36.0 Å². The van der Waals surface area contributed by atoms with Crippen LogP contribution < -0.4 is 5.73 Å². The molecule has 1 fully saturated rings. The molecule has 0 aliphatic heterocycles. The first-order valence-electron chi connectivity index (χ1n) is 5.48. The number of hydrogen-bond acceptors (Lipinski definition) is 4. The van der Waals surface area contributed by atoms with Crippen LogP contribution in [0, 0.1) is 0 Å². The summed E-state index contributed by atoms with van der Waals surface area (Å²) in [5.74, 6) is 2.07. The number of benzene rings is 1. The minimum atomic E-state index is 0.540. The van der Waals surface area contributed by atoms with Gasteiger partial charge >= 0.3 is 0 Å². The van der Waals surface area contributed by atoms with E-state index in [0.717, 1.165) is 17.1 Å². The number of nitrogen functional groups attached to an aromatic ring is 1. The number of nitrogens with two attached hydrogens (primary N) is 1. The third-order valence-electron chi connectivity index (χ3n) is 2.73. The van der Waals surface area contributed by atoms with E-state index < -0.39 is 0 Å². The van der Waals surface area contributed by atoms with E-state index in [1.54, 1.807) is 0 Å². The standard InChI is InChI=1S/C12H13N3O/c13-10-3-1-2-8(6-10)7-11-14-12(15-16-11)9-4-5-9/h1-3,6,9H,4-5,7,13H2.